The van der Waals surface area contributed by atoms with E-state index >= 15 is 0 Å². The fourth-order valence-corrected chi connectivity index (χ4v) is 4.27. The minimum absolute atomic E-state index is 0.129. The van der Waals surface area contributed by atoms with Gasteiger partial charge in [0.15, 0.2) is 5.78 Å². The van der Waals surface area contributed by atoms with Crippen LogP contribution in [0.2, 0.25) is 0 Å². The van der Waals surface area contributed by atoms with Crippen molar-refractivity contribution < 1.29 is 9.90 Å². The van der Waals surface area contributed by atoms with Crippen LogP contribution in [-0.2, 0) is 15.6 Å². The van der Waals surface area contributed by atoms with E-state index in [0.29, 0.717) is 5.75 Å². The van der Waals surface area contributed by atoms with E-state index in [1.807, 2.05) is 18.2 Å². The number of phenols is 1. The molecule has 1 aromatic rings. The minimum atomic E-state index is -0.204. The van der Waals surface area contributed by atoms with Crippen LogP contribution < -0.4 is 0 Å². The molecule has 1 aromatic carbocycles. The number of carbonyl (C=O) groups excluding carboxylic acids is 1. The highest BCUT2D eigenvalue weighted by Gasteiger charge is 2.32. The first kappa shape index (κ1) is 26.2. The van der Waals surface area contributed by atoms with Crippen molar-refractivity contribution in [2.75, 3.05) is 0 Å². The molecule has 1 aliphatic rings. The molecule has 176 valence electrons. The van der Waals surface area contributed by atoms with Crippen LogP contribution in [0, 0.1) is 5.41 Å². The van der Waals surface area contributed by atoms with Crippen LogP contribution in [0.4, 0.5) is 0 Å². The van der Waals surface area contributed by atoms with Gasteiger partial charge in [-0.3, -0.25) is 4.79 Å². The molecule has 0 heterocycles. The molecular weight excluding hydrogens is 392 g/mol. The van der Waals surface area contributed by atoms with Gasteiger partial charge in [0.25, 0.3) is 0 Å². The van der Waals surface area contributed by atoms with Crippen LogP contribution in [0.25, 0.3) is 5.57 Å². The number of hydrogen-bond donors (Lipinski definition) is 1. The van der Waals surface area contributed by atoms with Crippen LogP contribution in [0.1, 0.15) is 112 Å². The van der Waals surface area contributed by atoms with Gasteiger partial charge in [-0.1, -0.05) is 93.9 Å². The van der Waals surface area contributed by atoms with Gasteiger partial charge in [0.1, 0.15) is 5.75 Å². The molecule has 2 rings (SSSR count). The van der Waals surface area contributed by atoms with Gasteiger partial charge in [-0.2, -0.15) is 0 Å². The van der Waals surface area contributed by atoms with Gasteiger partial charge < -0.3 is 5.11 Å². The zero-order chi connectivity index (χ0) is 24.5. The third-order valence-corrected chi connectivity index (χ3v) is 7.33. The summed E-state index contributed by atoms with van der Waals surface area (Å²) in [6.45, 7) is 21.5. The Morgan fingerprint density at radius 1 is 0.875 bits per heavy atom. The molecule has 0 aliphatic heterocycles. The molecule has 0 unspecified atom stereocenters. The summed E-state index contributed by atoms with van der Waals surface area (Å²) in [6, 6.07) is 4.28. The normalized spacial score (nSPS) is 16.9. The van der Waals surface area contributed by atoms with E-state index in [1.54, 1.807) is 0 Å². The standard InChI is InChI=1S/C30H44O2/c1-11-15-21(22-16-14-17-23(26(22)31)28(4,5)6)20-18-24(29(7,8)12-2)27(32)25(19-20)30(9,10)13-3/h14,16-19,32H,11-13,15H2,1-10H3/b22-21+. The summed E-state index contributed by atoms with van der Waals surface area (Å²) in [5.41, 5.74) is 5.22. The van der Waals surface area contributed by atoms with Gasteiger partial charge in [0.2, 0.25) is 0 Å². The zero-order valence-corrected chi connectivity index (χ0v) is 22.1. The Morgan fingerprint density at radius 3 is 1.78 bits per heavy atom. The molecule has 0 fully saturated rings. The van der Waals surface area contributed by atoms with E-state index in [9.17, 15) is 9.90 Å². The molecule has 2 nitrogen and oxygen atoms in total. The Kier molecular flexibility index (Phi) is 7.70. The predicted molar refractivity (Wildman–Crippen MR) is 138 cm³/mol. The third-order valence-electron chi connectivity index (χ3n) is 7.33. The average Bonchev–Trinajstić information content (AvgIpc) is 2.71. The molecule has 1 aliphatic carbocycles. The number of aromatic hydroxyl groups is 1. The SMILES string of the molecule is CCC/C(=C1/C=CC=C(C(C)(C)C)C1=O)c1cc(C(C)(C)CC)c(O)c(C(C)(C)CC)c1. The maximum Gasteiger partial charge on any atom is 0.189 e. The lowest BCUT2D eigenvalue weighted by Crippen LogP contribution is -2.23. The second-order valence-corrected chi connectivity index (χ2v) is 11.6. The predicted octanol–water partition coefficient (Wildman–Crippen LogP) is 8.43. The number of carbonyl (C=O) groups is 1. The second-order valence-electron chi connectivity index (χ2n) is 11.6. The fraction of sp³-hybridized carbons (Fsp3) is 0.567. The Labute approximate surface area is 196 Å². The van der Waals surface area contributed by atoms with Crippen molar-refractivity contribution in [1.82, 2.24) is 0 Å². The number of hydrogen-bond acceptors (Lipinski definition) is 2. The molecule has 2 heteroatoms. The van der Waals surface area contributed by atoms with Crippen LogP contribution >= 0.6 is 0 Å². The van der Waals surface area contributed by atoms with Gasteiger partial charge in [-0.25, -0.2) is 0 Å². The molecular formula is C30H44O2. The van der Waals surface area contributed by atoms with Crippen molar-refractivity contribution in [3.05, 3.63) is 58.2 Å². The first-order chi connectivity index (χ1) is 14.7. The molecule has 0 saturated carbocycles. The first-order valence-electron chi connectivity index (χ1n) is 12.3. The number of Topliss-reactive ketones (excluding diaryl/α,β-unsaturated/α-hetero) is 1. The van der Waals surface area contributed by atoms with Gasteiger partial charge in [-0.05, 0) is 58.8 Å². The Morgan fingerprint density at radius 2 is 1.38 bits per heavy atom. The van der Waals surface area contributed by atoms with E-state index in [1.165, 1.54) is 0 Å². The molecule has 0 saturated heterocycles. The topological polar surface area (TPSA) is 37.3 Å². The van der Waals surface area contributed by atoms with E-state index in [-0.39, 0.29) is 22.0 Å². The van der Waals surface area contributed by atoms with Gasteiger partial charge in [0.05, 0.1) is 0 Å². The first-order valence-corrected chi connectivity index (χ1v) is 12.3. The Bertz CT molecular complexity index is 922. The summed E-state index contributed by atoms with van der Waals surface area (Å²) in [6.07, 6.45) is 9.58. The molecule has 1 N–H and O–H groups in total. The van der Waals surface area contributed by atoms with Crippen LogP contribution in [0.5, 0.6) is 5.75 Å². The Balaban J connectivity index is 2.88. The van der Waals surface area contributed by atoms with E-state index < -0.39 is 0 Å². The number of rotatable bonds is 7. The van der Waals surface area contributed by atoms with Gasteiger partial charge >= 0.3 is 0 Å². The lowest BCUT2D eigenvalue weighted by molar-refractivity contribution is -0.112. The quantitative estimate of drug-likeness (QED) is 0.435. The number of phenolic OH excluding ortho intramolecular Hbond substituents is 1. The molecule has 32 heavy (non-hydrogen) atoms. The lowest BCUT2D eigenvalue weighted by Gasteiger charge is -2.32. The van der Waals surface area contributed by atoms with Crippen LogP contribution in [-0.4, -0.2) is 10.9 Å². The van der Waals surface area contributed by atoms with Crippen molar-refractivity contribution in [3.8, 4) is 5.75 Å². The van der Waals surface area contributed by atoms with E-state index in [0.717, 1.165) is 59.1 Å². The maximum absolute atomic E-state index is 13.6. The fourth-order valence-electron chi connectivity index (χ4n) is 4.27. The summed E-state index contributed by atoms with van der Waals surface area (Å²) >= 11 is 0. The highest BCUT2D eigenvalue weighted by atomic mass is 16.3. The number of benzene rings is 1. The second kappa shape index (κ2) is 9.41. The van der Waals surface area contributed by atoms with E-state index in [2.05, 4.69) is 81.4 Å². The average molecular weight is 437 g/mol. The Hall–Kier alpha value is -2.09. The van der Waals surface area contributed by atoms with Crippen LogP contribution in [0.3, 0.4) is 0 Å². The van der Waals surface area contributed by atoms with Crippen LogP contribution in [0.15, 0.2) is 41.5 Å². The summed E-state index contributed by atoms with van der Waals surface area (Å²) in [5, 5.41) is 11.4. The maximum atomic E-state index is 13.6. The largest absolute Gasteiger partial charge is 0.507 e. The van der Waals surface area contributed by atoms with Crippen molar-refractivity contribution in [3.63, 3.8) is 0 Å². The van der Waals surface area contributed by atoms with E-state index in [4.69, 9.17) is 0 Å². The highest BCUT2D eigenvalue weighted by Crippen LogP contribution is 2.45. The molecule has 0 atom stereocenters. The molecule has 0 aromatic heterocycles. The third kappa shape index (κ3) is 5.11. The molecule has 0 amide bonds. The molecule has 0 radical (unpaired) electrons. The monoisotopic (exact) mass is 436 g/mol. The summed E-state index contributed by atoms with van der Waals surface area (Å²) in [5.74, 6) is 0.540. The minimum Gasteiger partial charge on any atom is -0.507 e. The number of ketones is 1. The van der Waals surface area contributed by atoms with Crippen molar-refractivity contribution >= 4 is 11.4 Å². The smallest absolute Gasteiger partial charge is 0.189 e. The molecule has 0 bridgehead atoms. The number of allylic oxidation sites excluding steroid dienone is 6. The highest BCUT2D eigenvalue weighted by molar-refractivity contribution is 6.16. The van der Waals surface area contributed by atoms with Crippen molar-refractivity contribution in [2.45, 2.75) is 106 Å². The van der Waals surface area contributed by atoms with Crippen molar-refractivity contribution in [2.24, 2.45) is 5.41 Å². The summed E-state index contributed by atoms with van der Waals surface area (Å²) in [7, 11) is 0. The van der Waals surface area contributed by atoms with Crippen molar-refractivity contribution in [1.29, 1.82) is 0 Å². The van der Waals surface area contributed by atoms with Gasteiger partial charge in [-0.15, -0.1) is 0 Å². The summed E-state index contributed by atoms with van der Waals surface area (Å²) in [4.78, 5) is 13.6. The zero-order valence-electron chi connectivity index (χ0n) is 22.1. The summed E-state index contributed by atoms with van der Waals surface area (Å²) < 4.78 is 0. The van der Waals surface area contributed by atoms with Gasteiger partial charge in [0, 0.05) is 22.3 Å². The molecule has 0 spiro atoms. The lowest BCUT2D eigenvalue weighted by atomic mass is 9.73.